The maximum atomic E-state index is 8.35. The van der Waals surface area contributed by atoms with Crippen LogP contribution >= 0.6 is 0 Å². The molecule has 0 aliphatic carbocycles. The van der Waals surface area contributed by atoms with E-state index in [9.17, 15) is 0 Å². The monoisotopic (exact) mass is 160 g/mol. The van der Waals surface area contributed by atoms with Crippen molar-refractivity contribution in [2.24, 2.45) is 7.05 Å². The third-order valence-electron chi connectivity index (χ3n) is 2.15. The lowest BCUT2D eigenvalue weighted by molar-refractivity contribution is 0.843. The van der Waals surface area contributed by atoms with Crippen molar-refractivity contribution in [3.8, 4) is 6.07 Å². The summed E-state index contributed by atoms with van der Waals surface area (Å²) in [4.78, 5) is 0. The van der Waals surface area contributed by atoms with E-state index in [0.29, 0.717) is 0 Å². The van der Waals surface area contributed by atoms with E-state index in [1.165, 1.54) is 17.5 Å². The van der Waals surface area contributed by atoms with E-state index >= 15 is 0 Å². The van der Waals surface area contributed by atoms with E-state index < -0.39 is 0 Å². The smallest absolute Gasteiger partial charge is 0.0912 e. The molecule has 0 unspecified atom stereocenters. The fourth-order valence-corrected chi connectivity index (χ4v) is 1.18. The van der Waals surface area contributed by atoms with Crippen molar-refractivity contribution in [2.75, 3.05) is 0 Å². The number of aromatic nitrogens is 1. The molecule has 2 nitrogen and oxygen atoms in total. The summed E-state index contributed by atoms with van der Waals surface area (Å²) < 4.78 is 2.11. The standard InChI is InChI=1S/C10H12N2/c1-8-7-10(5-4-6-11)9(2)12(8)3/h4-5,7H,1-3H3. The zero-order chi connectivity index (χ0) is 9.14. The Balaban J connectivity index is 3.11. The molecule has 0 bridgehead atoms. The molecule has 1 aromatic heterocycles. The molecule has 0 amide bonds. The minimum absolute atomic E-state index is 1.12. The molecule has 0 fully saturated rings. The Hall–Kier alpha value is -1.49. The summed E-state index contributed by atoms with van der Waals surface area (Å²) in [5.74, 6) is 0. The van der Waals surface area contributed by atoms with Gasteiger partial charge >= 0.3 is 0 Å². The highest BCUT2D eigenvalue weighted by Crippen LogP contribution is 2.14. The normalized spacial score (nSPS) is 10.5. The molecule has 0 saturated heterocycles. The Morgan fingerprint density at radius 2 is 2.17 bits per heavy atom. The predicted molar refractivity (Wildman–Crippen MR) is 49.5 cm³/mol. The molecule has 0 aromatic carbocycles. The van der Waals surface area contributed by atoms with Crippen LogP contribution in [0.25, 0.3) is 6.08 Å². The maximum Gasteiger partial charge on any atom is 0.0912 e. The van der Waals surface area contributed by atoms with Gasteiger partial charge in [0, 0.05) is 24.5 Å². The van der Waals surface area contributed by atoms with Crippen molar-refractivity contribution in [1.82, 2.24) is 4.57 Å². The van der Waals surface area contributed by atoms with Crippen LogP contribution < -0.4 is 0 Å². The molecule has 0 atom stereocenters. The quantitative estimate of drug-likeness (QED) is 0.579. The minimum Gasteiger partial charge on any atom is -0.352 e. The first-order valence-electron chi connectivity index (χ1n) is 3.86. The largest absolute Gasteiger partial charge is 0.352 e. The number of allylic oxidation sites excluding steroid dienone is 1. The Morgan fingerprint density at radius 3 is 2.58 bits per heavy atom. The Morgan fingerprint density at radius 1 is 1.50 bits per heavy atom. The van der Waals surface area contributed by atoms with Gasteiger partial charge in [0.25, 0.3) is 0 Å². The molecule has 0 aliphatic heterocycles. The second kappa shape index (κ2) is 3.27. The van der Waals surface area contributed by atoms with Crippen molar-refractivity contribution < 1.29 is 0 Å². The van der Waals surface area contributed by atoms with Gasteiger partial charge in [-0.2, -0.15) is 5.26 Å². The molecule has 0 N–H and O–H groups in total. The topological polar surface area (TPSA) is 28.7 Å². The summed E-state index contributed by atoms with van der Waals surface area (Å²) in [6.07, 6.45) is 3.34. The number of nitrogens with zero attached hydrogens (tertiary/aromatic N) is 2. The highest BCUT2D eigenvalue weighted by molar-refractivity contribution is 5.55. The molecule has 1 rings (SSSR count). The van der Waals surface area contributed by atoms with Gasteiger partial charge < -0.3 is 4.57 Å². The highest BCUT2D eigenvalue weighted by Gasteiger charge is 2.01. The number of nitriles is 1. The fraction of sp³-hybridized carbons (Fsp3) is 0.300. The van der Waals surface area contributed by atoms with E-state index in [1.807, 2.05) is 26.1 Å². The number of aryl methyl sites for hydroxylation is 1. The van der Waals surface area contributed by atoms with Crippen LogP contribution in [0.5, 0.6) is 0 Å². The van der Waals surface area contributed by atoms with Crippen molar-refractivity contribution in [3.05, 3.63) is 29.1 Å². The summed E-state index contributed by atoms with van der Waals surface area (Å²) in [7, 11) is 2.02. The highest BCUT2D eigenvalue weighted by atomic mass is 14.9. The molecule has 0 radical (unpaired) electrons. The minimum atomic E-state index is 1.12. The Bertz CT molecular complexity index is 351. The molecule has 1 aromatic rings. The molecule has 2 heteroatoms. The van der Waals surface area contributed by atoms with Crippen LogP contribution in [0.3, 0.4) is 0 Å². The molecule has 62 valence electrons. The summed E-state index contributed by atoms with van der Waals surface area (Å²) in [6.45, 7) is 4.10. The molecule has 12 heavy (non-hydrogen) atoms. The van der Waals surface area contributed by atoms with Crippen LogP contribution in [0.15, 0.2) is 12.1 Å². The third-order valence-corrected chi connectivity index (χ3v) is 2.15. The molecule has 0 aliphatic rings. The Kier molecular flexibility index (Phi) is 2.35. The van der Waals surface area contributed by atoms with Gasteiger partial charge in [-0.1, -0.05) is 0 Å². The van der Waals surface area contributed by atoms with Crippen molar-refractivity contribution >= 4 is 6.08 Å². The second-order valence-electron chi connectivity index (χ2n) is 2.85. The van der Waals surface area contributed by atoms with Gasteiger partial charge in [-0.05, 0) is 31.6 Å². The summed E-state index contributed by atoms with van der Waals surface area (Å²) in [5, 5.41) is 8.35. The van der Waals surface area contributed by atoms with Crippen LogP contribution in [0.1, 0.15) is 17.0 Å². The van der Waals surface area contributed by atoms with E-state index in [-0.39, 0.29) is 0 Å². The lowest BCUT2D eigenvalue weighted by atomic mass is 10.2. The van der Waals surface area contributed by atoms with E-state index in [2.05, 4.69) is 17.6 Å². The Labute approximate surface area is 72.7 Å². The van der Waals surface area contributed by atoms with Crippen molar-refractivity contribution in [3.63, 3.8) is 0 Å². The predicted octanol–water partition coefficient (Wildman–Crippen LogP) is 2.18. The first kappa shape index (κ1) is 8.61. The first-order valence-corrected chi connectivity index (χ1v) is 3.86. The summed E-state index contributed by atoms with van der Waals surface area (Å²) in [5.41, 5.74) is 3.53. The third kappa shape index (κ3) is 1.40. The van der Waals surface area contributed by atoms with Gasteiger partial charge in [-0.3, -0.25) is 0 Å². The van der Waals surface area contributed by atoms with Crippen LogP contribution in [0.2, 0.25) is 0 Å². The molecule has 0 saturated carbocycles. The second-order valence-corrected chi connectivity index (χ2v) is 2.85. The van der Waals surface area contributed by atoms with Gasteiger partial charge in [0.15, 0.2) is 0 Å². The average Bonchev–Trinajstić information content (AvgIpc) is 2.30. The number of hydrogen-bond acceptors (Lipinski definition) is 1. The van der Waals surface area contributed by atoms with Crippen LogP contribution in [-0.4, -0.2) is 4.57 Å². The van der Waals surface area contributed by atoms with Gasteiger partial charge in [-0.25, -0.2) is 0 Å². The van der Waals surface area contributed by atoms with Crippen LogP contribution in [0, 0.1) is 25.2 Å². The zero-order valence-electron chi connectivity index (χ0n) is 7.63. The van der Waals surface area contributed by atoms with Crippen molar-refractivity contribution in [1.29, 1.82) is 5.26 Å². The summed E-state index contributed by atoms with van der Waals surface area (Å²) >= 11 is 0. The SMILES string of the molecule is Cc1cc(C=CC#N)c(C)n1C. The fourth-order valence-electron chi connectivity index (χ4n) is 1.18. The molecule has 0 spiro atoms. The summed E-state index contributed by atoms with van der Waals surface area (Å²) in [6, 6.07) is 4.05. The van der Waals surface area contributed by atoms with Crippen LogP contribution in [0.4, 0.5) is 0 Å². The lowest BCUT2D eigenvalue weighted by Gasteiger charge is -1.98. The van der Waals surface area contributed by atoms with Gasteiger partial charge in [0.05, 0.1) is 6.07 Å². The number of rotatable bonds is 1. The van der Waals surface area contributed by atoms with E-state index in [0.717, 1.165) is 5.56 Å². The maximum absolute atomic E-state index is 8.35. The average molecular weight is 160 g/mol. The lowest BCUT2D eigenvalue weighted by Crippen LogP contribution is -1.92. The molecular formula is C10H12N2. The van der Waals surface area contributed by atoms with Gasteiger partial charge in [0.1, 0.15) is 0 Å². The van der Waals surface area contributed by atoms with E-state index in [4.69, 9.17) is 5.26 Å². The van der Waals surface area contributed by atoms with E-state index in [1.54, 1.807) is 0 Å². The first-order chi connectivity index (χ1) is 5.66. The number of hydrogen-bond donors (Lipinski definition) is 0. The van der Waals surface area contributed by atoms with Gasteiger partial charge in [-0.15, -0.1) is 0 Å². The molecule has 1 heterocycles. The zero-order valence-corrected chi connectivity index (χ0v) is 7.63. The van der Waals surface area contributed by atoms with Crippen LogP contribution in [-0.2, 0) is 7.05 Å². The van der Waals surface area contributed by atoms with Gasteiger partial charge in [0.2, 0.25) is 0 Å². The molecular weight excluding hydrogens is 148 g/mol. The van der Waals surface area contributed by atoms with Crippen molar-refractivity contribution in [2.45, 2.75) is 13.8 Å².